The van der Waals surface area contributed by atoms with Gasteiger partial charge in [0.1, 0.15) is 6.33 Å². The Morgan fingerprint density at radius 3 is 3.06 bits per heavy atom. The summed E-state index contributed by atoms with van der Waals surface area (Å²) in [4.78, 5) is 24.4. The molecule has 0 atom stereocenters. The van der Waals surface area contributed by atoms with Crippen LogP contribution in [-0.4, -0.2) is 50.4 Å². The lowest BCUT2D eigenvalue weighted by Crippen LogP contribution is -2.35. The van der Waals surface area contributed by atoms with Gasteiger partial charge in [-0.25, -0.2) is 4.79 Å². The number of carbonyl (C=O) groups excluding carboxylic acids is 2. The summed E-state index contributed by atoms with van der Waals surface area (Å²) in [6, 6.07) is 0.192. The van der Waals surface area contributed by atoms with E-state index in [2.05, 4.69) is 15.5 Å². The van der Waals surface area contributed by atoms with Crippen molar-refractivity contribution in [3.8, 4) is 0 Å². The first kappa shape index (κ1) is 11.5. The third kappa shape index (κ3) is 2.20. The van der Waals surface area contributed by atoms with Crippen LogP contribution in [0.2, 0.25) is 0 Å². The number of rotatable bonds is 4. The minimum atomic E-state index is -0.302. The fraction of sp³-hybridized carbons (Fsp3) is 0.600. The second-order valence-corrected chi connectivity index (χ2v) is 5.26. The number of nitrogens with zero attached hydrogens (tertiary/aromatic N) is 4. The molecule has 2 heterocycles. The lowest BCUT2D eigenvalue weighted by molar-refractivity contribution is -0.124. The number of imide groups is 1. The molecule has 8 heteroatoms. The van der Waals surface area contributed by atoms with Gasteiger partial charge in [0, 0.05) is 19.1 Å². The number of thioether (sulfide) groups is 1. The number of amides is 3. The molecule has 2 aliphatic rings. The molecule has 1 aromatic rings. The van der Waals surface area contributed by atoms with E-state index in [1.165, 1.54) is 16.7 Å². The molecule has 96 valence electrons. The highest BCUT2D eigenvalue weighted by Gasteiger charge is 2.28. The van der Waals surface area contributed by atoms with Gasteiger partial charge in [0.15, 0.2) is 5.16 Å². The summed E-state index contributed by atoms with van der Waals surface area (Å²) in [6.07, 6.45) is 4.00. The number of carbonyl (C=O) groups is 2. The van der Waals surface area contributed by atoms with Crippen molar-refractivity contribution in [3.05, 3.63) is 6.33 Å². The van der Waals surface area contributed by atoms with Crippen LogP contribution in [0.15, 0.2) is 11.5 Å². The predicted molar refractivity (Wildman–Crippen MR) is 64.1 cm³/mol. The smallest absolute Gasteiger partial charge is 0.324 e. The summed E-state index contributed by atoms with van der Waals surface area (Å²) < 4.78 is 2.00. The maximum absolute atomic E-state index is 11.8. The topological polar surface area (TPSA) is 80.1 Å². The number of urea groups is 1. The highest BCUT2D eigenvalue weighted by molar-refractivity contribution is 7.99. The van der Waals surface area contributed by atoms with Crippen molar-refractivity contribution in [1.29, 1.82) is 0 Å². The molecule has 1 saturated carbocycles. The number of hydrogen-bond donors (Lipinski definition) is 1. The second kappa shape index (κ2) is 4.60. The standard InChI is InChI=1S/C10H13N5O2S/c16-8(14-4-3-11-9(14)17)5-18-10-13-12-6-15(10)7-1-2-7/h6-7H,1-5H2,(H,11,17). The Balaban J connectivity index is 1.58. The van der Waals surface area contributed by atoms with Gasteiger partial charge in [-0.2, -0.15) is 0 Å². The lowest BCUT2D eigenvalue weighted by atomic mass is 10.5. The zero-order valence-electron chi connectivity index (χ0n) is 9.70. The van der Waals surface area contributed by atoms with Gasteiger partial charge in [-0.15, -0.1) is 10.2 Å². The number of hydrogen-bond acceptors (Lipinski definition) is 5. The first-order chi connectivity index (χ1) is 8.75. The molecule has 18 heavy (non-hydrogen) atoms. The molecular weight excluding hydrogens is 254 g/mol. The third-order valence-corrected chi connectivity index (χ3v) is 3.91. The minimum Gasteiger partial charge on any atom is -0.336 e. The minimum absolute atomic E-state index is 0.180. The summed E-state index contributed by atoms with van der Waals surface area (Å²) in [5, 5.41) is 11.2. The van der Waals surface area contributed by atoms with Crippen molar-refractivity contribution in [3.63, 3.8) is 0 Å². The van der Waals surface area contributed by atoms with E-state index in [-0.39, 0.29) is 17.7 Å². The second-order valence-electron chi connectivity index (χ2n) is 4.32. The molecule has 1 aliphatic carbocycles. The Hall–Kier alpha value is -1.57. The van der Waals surface area contributed by atoms with Crippen LogP contribution in [0.3, 0.4) is 0 Å². The molecule has 7 nitrogen and oxygen atoms in total. The van der Waals surface area contributed by atoms with Crippen LogP contribution in [0.1, 0.15) is 18.9 Å². The highest BCUT2D eigenvalue weighted by atomic mass is 32.2. The van der Waals surface area contributed by atoms with Gasteiger partial charge < -0.3 is 9.88 Å². The van der Waals surface area contributed by atoms with Crippen LogP contribution in [0.5, 0.6) is 0 Å². The lowest BCUT2D eigenvalue weighted by Gasteiger charge is -2.11. The fourth-order valence-electron chi connectivity index (χ4n) is 1.85. The van der Waals surface area contributed by atoms with Gasteiger partial charge in [0.05, 0.1) is 5.75 Å². The summed E-state index contributed by atoms with van der Waals surface area (Å²) in [7, 11) is 0. The van der Waals surface area contributed by atoms with Crippen molar-refractivity contribution in [2.24, 2.45) is 0 Å². The molecule has 0 unspecified atom stereocenters. The normalized spacial score (nSPS) is 19.1. The van der Waals surface area contributed by atoms with Crippen molar-refractivity contribution < 1.29 is 9.59 Å². The van der Waals surface area contributed by atoms with Gasteiger partial charge >= 0.3 is 6.03 Å². The van der Waals surface area contributed by atoms with Gasteiger partial charge in [-0.05, 0) is 12.8 Å². The SMILES string of the molecule is O=C(CSc1nncn1C1CC1)N1CCNC1=O. The maximum Gasteiger partial charge on any atom is 0.324 e. The van der Waals surface area contributed by atoms with Crippen molar-refractivity contribution in [2.45, 2.75) is 24.0 Å². The molecule has 3 rings (SSSR count). The molecular formula is C10H13N5O2S. The summed E-state index contributed by atoms with van der Waals surface area (Å²) in [5.74, 6) is 0.0408. The van der Waals surface area contributed by atoms with E-state index in [0.29, 0.717) is 19.1 Å². The molecule has 3 amide bonds. The van der Waals surface area contributed by atoms with E-state index in [0.717, 1.165) is 18.0 Å². The average molecular weight is 267 g/mol. The van der Waals surface area contributed by atoms with Gasteiger partial charge in [0.2, 0.25) is 5.91 Å². The van der Waals surface area contributed by atoms with Crippen LogP contribution in [0.25, 0.3) is 0 Å². The first-order valence-corrected chi connectivity index (χ1v) is 6.85. The van der Waals surface area contributed by atoms with E-state index in [9.17, 15) is 9.59 Å². The van der Waals surface area contributed by atoms with Crippen molar-refractivity contribution in [2.75, 3.05) is 18.8 Å². The number of nitrogens with one attached hydrogen (secondary N) is 1. The first-order valence-electron chi connectivity index (χ1n) is 5.86. The molecule has 1 aromatic heterocycles. The Kier molecular flexibility index (Phi) is 2.94. The third-order valence-electron chi connectivity index (χ3n) is 2.96. The quantitative estimate of drug-likeness (QED) is 0.791. The Morgan fingerprint density at radius 1 is 1.56 bits per heavy atom. The van der Waals surface area contributed by atoms with Gasteiger partial charge in [-0.3, -0.25) is 9.69 Å². The van der Waals surface area contributed by atoms with Gasteiger partial charge in [0.25, 0.3) is 0 Å². The van der Waals surface area contributed by atoms with Crippen LogP contribution >= 0.6 is 11.8 Å². The van der Waals surface area contributed by atoms with Crippen molar-refractivity contribution in [1.82, 2.24) is 25.0 Å². The molecule has 1 saturated heterocycles. The molecule has 0 radical (unpaired) electrons. The Bertz CT molecular complexity index is 484. The van der Waals surface area contributed by atoms with Crippen LogP contribution in [0.4, 0.5) is 4.79 Å². The summed E-state index contributed by atoms with van der Waals surface area (Å²) in [6.45, 7) is 0.987. The number of aromatic nitrogens is 3. The monoisotopic (exact) mass is 267 g/mol. The molecule has 0 spiro atoms. The van der Waals surface area contributed by atoms with Gasteiger partial charge in [-0.1, -0.05) is 11.8 Å². The van der Waals surface area contributed by atoms with Crippen molar-refractivity contribution >= 4 is 23.7 Å². The molecule has 1 aliphatic heterocycles. The van der Waals surface area contributed by atoms with Crippen LogP contribution in [-0.2, 0) is 4.79 Å². The van der Waals surface area contributed by atoms with Crippen LogP contribution < -0.4 is 5.32 Å². The molecule has 2 fully saturated rings. The zero-order chi connectivity index (χ0) is 12.5. The zero-order valence-corrected chi connectivity index (χ0v) is 10.5. The fourth-order valence-corrected chi connectivity index (χ4v) is 2.71. The molecule has 0 aromatic carbocycles. The van der Waals surface area contributed by atoms with Crippen LogP contribution in [0, 0.1) is 0 Å². The van der Waals surface area contributed by atoms with E-state index in [1.54, 1.807) is 6.33 Å². The molecule has 0 bridgehead atoms. The van der Waals surface area contributed by atoms with E-state index in [1.807, 2.05) is 4.57 Å². The summed E-state index contributed by atoms with van der Waals surface area (Å²) >= 11 is 1.34. The average Bonchev–Trinajstić information content (AvgIpc) is 2.94. The van der Waals surface area contributed by atoms with E-state index >= 15 is 0 Å². The Labute approximate surface area is 108 Å². The highest BCUT2D eigenvalue weighted by Crippen LogP contribution is 2.37. The summed E-state index contributed by atoms with van der Waals surface area (Å²) in [5.41, 5.74) is 0. The maximum atomic E-state index is 11.8. The largest absolute Gasteiger partial charge is 0.336 e. The van der Waals surface area contributed by atoms with E-state index in [4.69, 9.17) is 0 Å². The molecule has 1 N–H and O–H groups in total. The predicted octanol–water partition coefficient (Wildman–Crippen LogP) is 0.257. The Morgan fingerprint density at radius 2 is 2.39 bits per heavy atom. The van der Waals surface area contributed by atoms with E-state index < -0.39 is 0 Å².